The zero-order valence-electron chi connectivity index (χ0n) is 6.45. The minimum atomic E-state index is -0.0967. The summed E-state index contributed by atoms with van der Waals surface area (Å²) >= 11 is 3.29. The third-order valence-corrected chi connectivity index (χ3v) is 2.23. The monoisotopic (exact) mass is 304 g/mol. The van der Waals surface area contributed by atoms with Gasteiger partial charge in [-0.2, -0.15) is 0 Å². The van der Waals surface area contributed by atoms with E-state index in [1.165, 1.54) is 6.07 Å². The Morgan fingerprint density at radius 2 is 2.08 bits per heavy atom. The summed E-state index contributed by atoms with van der Waals surface area (Å²) in [7, 11) is 0. The molecule has 68 valence electrons. The number of aromatic nitrogens is 2. The normalized spacial score (nSPS) is 9.62. The standard InChI is InChI=1S/C8H5BrN2O.BrH/c9-8-5-1-2-7(12)11-6(5)3-4-10-8;/h1-4H,(H,11,12);1H. The number of hydrogen-bond donors (Lipinski definition) is 1. The Morgan fingerprint density at radius 3 is 2.85 bits per heavy atom. The first-order valence-electron chi connectivity index (χ1n) is 3.41. The minimum Gasteiger partial charge on any atom is -0.322 e. The van der Waals surface area contributed by atoms with E-state index >= 15 is 0 Å². The van der Waals surface area contributed by atoms with Gasteiger partial charge in [-0.15, -0.1) is 17.0 Å². The van der Waals surface area contributed by atoms with E-state index in [0.717, 1.165) is 15.5 Å². The molecule has 3 nitrogen and oxygen atoms in total. The first-order valence-corrected chi connectivity index (χ1v) is 4.20. The summed E-state index contributed by atoms with van der Waals surface area (Å²) in [5.74, 6) is 0. The van der Waals surface area contributed by atoms with Crippen molar-refractivity contribution in [1.29, 1.82) is 0 Å². The highest BCUT2D eigenvalue weighted by atomic mass is 79.9. The van der Waals surface area contributed by atoms with Crippen molar-refractivity contribution < 1.29 is 0 Å². The molecule has 2 rings (SSSR count). The first-order chi connectivity index (χ1) is 5.77. The molecule has 0 bridgehead atoms. The fourth-order valence-corrected chi connectivity index (χ4v) is 1.51. The van der Waals surface area contributed by atoms with Gasteiger partial charge in [0, 0.05) is 17.6 Å². The Balaban J connectivity index is 0.000000845. The molecule has 0 aliphatic heterocycles. The average Bonchev–Trinajstić information content (AvgIpc) is 2.04. The van der Waals surface area contributed by atoms with Crippen molar-refractivity contribution in [3.8, 4) is 0 Å². The maximum absolute atomic E-state index is 10.9. The van der Waals surface area contributed by atoms with E-state index in [1.54, 1.807) is 18.3 Å². The second-order valence-electron chi connectivity index (χ2n) is 2.39. The maximum atomic E-state index is 10.9. The molecular weight excluding hydrogens is 300 g/mol. The van der Waals surface area contributed by atoms with E-state index < -0.39 is 0 Å². The molecule has 0 amide bonds. The van der Waals surface area contributed by atoms with Crippen LogP contribution in [0.4, 0.5) is 0 Å². The largest absolute Gasteiger partial charge is 0.322 e. The Bertz CT molecular complexity index is 481. The number of nitrogens with one attached hydrogen (secondary N) is 1. The summed E-state index contributed by atoms with van der Waals surface area (Å²) < 4.78 is 0.747. The van der Waals surface area contributed by atoms with Gasteiger partial charge in [-0.1, -0.05) is 0 Å². The molecule has 0 fully saturated rings. The van der Waals surface area contributed by atoms with Gasteiger partial charge in [0.1, 0.15) is 4.60 Å². The lowest BCUT2D eigenvalue weighted by atomic mass is 10.3. The highest BCUT2D eigenvalue weighted by Gasteiger charge is 1.97. The highest BCUT2D eigenvalue weighted by molar-refractivity contribution is 9.10. The third kappa shape index (κ3) is 1.97. The predicted octanol–water partition coefficient (Wildman–Crippen LogP) is 2.26. The molecule has 0 saturated carbocycles. The van der Waals surface area contributed by atoms with Gasteiger partial charge in [-0.3, -0.25) is 4.79 Å². The van der Waals surface area contributed by atoms with Crippen molar-refractivity contribution in [1.82, 2.24) is 9.97 Å². The molecule has 0 aromatic carbocycles. The topological polar surface area (TPSA) is 45.8 Å². The number of rotatable bonds is 0. The van der Waals surface area contributed by atoms with Crippen molar-refractivity contribution in [2.45, 2.75) is 0 Å². The Labute approximate surface area is 93.1 Å². The first kappa shape index (κ1) is 10.4. The molecule has 2 heterocycles. The number of nitrogens with zero attached hydrogens (tertiary/aromatic N) is 1. The Kier molecular flexibility index (Phi) is 3.22. The van der Waals surface area contributed by atoms with Crippen molar-refractivity contribution in [2.75, 3.05) is 0 Å². The number of fused-ring (bicyclic) bond motifs is 1. The molecule has 0 unspecified atom stereocenters. The number of pyridine rings is 2. The zero-order valence-corrected chi connectivity index (χ0v) is 9.75. The second kappa shape index (κ2) is 4.02. The van der Waals surface area contributed by atoms with E-state index in [0.29, 0.717) is 0 Å². The fourth-order valence-electron chi connectivity index (χ4n) is 1.05. The zero-order chi connectivity index (χ0) is 8.55. The molecule has 0 aliphatic rings. The summed E-state index contributed by atoms with van der Waals surface area (Å²) in [5.41, 5.74) is 0.699. The molecule has 1 N–H and O–H groups in total. The van der Waals surface area contributed by atoms with Gasteiger partial charge in [0.05, 0.1) is 5.52 Å². The van der Waals surface area contributed by atoms with Crippen LogP contribution in [0.25, 0.3) is 10.9 Å². The number of H-pyrrole nitrogens is 1. The van der Waals surface area contributed by atoms with Crippen LogP contribution in [0.3, 0.4) is 0 Å². The van der Waals surface area contributed by atoms with Gasteiger partial charge in [-0.25, -0.2) is 4.98 Å². The molecular formula is C8H6Br2N2O. The molecule has 0 atom stereocenters. The van der Waals surface area contributed by atoms with Crippen LogP contribution < -0.4 is 5.56 Å². The van der Waals surface area contributed by atoms with Crippen molar-refractivity contribution in [3.63, 3.8) is 0 Å². The van der Waals surface area contributed by atoms with Gasteiger partial charge in [0.25, 0.3) is 0 Å². The summed E-state index contributed by atoms with van der Waals surface area (Å²) in [5, 5.41) is 0.914. The summed E-state index contributed by atoms with van der Waals surface area (Å²) in [6.07, 6.45) is 1.64. The molecule has 0 saturated heterocycles. The number of hydrogen-bond acceptors (Lipinski definition) is 2. The molecule has 2 aromatic heterocycles. The van der Waals surface area contributed by atoms with Crippen LogP contribution >= 0.6 is 32.9 Å². The molecule has 2 aromatic rings. The Morgan fingerprint density at radius 1 is 1.31 bits per heavy atom. The van der Waals surface area contributed by atoms with Crippen molar-refractivity contribution in [3.05, 3.63) is 39.4 Å². The van der Waals surface area contributed by atoms with Gasteiger partial charge in [-0.05, 0) is 28.1 Å². The van der Waals surface area contributed by atoms with Crippen LogP contribution in [0.15, 0.2) is 33.8 Å². The molecule has 5 heteroatoms. The van der Waals surface area contributed by atoms with E-state index in [2.05, 4.69) is 25.9 Å². The van der Waals surface area contributed by atoms with Gasteiger partial charge in [0.15, 0.2) is 0 Å². The van der Waals surface area contributed by atoms with E-state index in [-0.39, 0.29) is 22.5 Å². The van der Waals surface area contributed by atoms with Crippen molar-refractivity contribution >= 4 is 43.8 Å². The minimum absolute atomic E-state index is 0. The van der Waals surface area contributed by atoms with Crippen LogP contribution in [-0.2, 0) is 0 Å². The predicted molar refractivity (Wildman–Crippen MR) is 60.4 cm³/mol. The lowest BCUT2D eigenvalue weighted by molar-refractivity contribution is 1.25. The van der Waals surface area contributed by atoms with Crippen LogP contribution in [0.5, 0.6) is 0 Å². The van der Waals surface area contributed by atoms with Gasteiger partial charge in [0.2, 0.25) is 5.56 Å². The van der Waals surface area contributed by atoms with Crippen LogP contribution in [-0.4, -0.2) is 9.97 Å². The SMILES string of the molecule is Br.O=c1ccc2c(Br)nccc2[nH]1. The number of aromatic amines is 1. The Hall–Kier alpha value is -0.680. The van der Waals surface area contributed by atoms with Gasteiger partial charge >= 0.3 is 0 Å². The van der Waals surface area contributed by atoms with Crippen LogP contribution in [0, 0.1) is 0 Å². The van der Waals surface area contributed by atoms with Gasteiger partial charge < -0.3 is 4.98 Å². The van der Waals surface area contributed by atoms with Crippen LogP contribution in [0.1, 0.15) is 0 Å². The van der Waals surface area contributed by atoms with Crippen LogP contribution in [0.2, 0.25) is 0 Å². The molecule has 0 aliphatic carbocycles. The number of halogens is 2. The maximum Gasteiger partial charge on any atom is 0.248 e. The van der Waals surface area contributed by atoms with Crippen molar-refractivity contribution in [2.24, 2.45) is 0 Å². The van der Waals surface area contributed by atoms with E-state index in [1.807, 2.05) is 0 Å². The quantitative estimate of drug-likeness (QED) is 0.759. The summed E-state index contributed by atoms with van der Waals surface area (Å²) in [6, 6.07) is 4.99. The molecule has 0 radical (unpaired) electrons. The summed E-state index contributed by atoms with van der Waals surface area (Å²) in [6.45, 7) is 0. The highest BCUT2D eigenvalue weighted by Crippen LogP contribution is 2.17. The lowest BCUT2D eigenvalue weighted by Gasteiger charge is -1.96. The van der Waals surface area contributed by atoms with E-state index in [4.69, 9.17) is 0 Å². The fraction of sp³-hybridized carbons (Fsp3) is 0. The molecule has 0 spiro atoms. The summed E-state index contributed by atoms with van der Waals surface area (Å²) in [4.78, 5) is 17.6. The third-order valence-electron chi connectivity index (χ3n) is 1.60. The molecule has 13 heavy (non-hydrogen) atoms. The lowest BCUT2D eigenvalue weighted by Crippen LogP contribution is -2.02. The second-order valence-corrected chi connectivity index (χ2v) is 3.14. The smallest absolute Gasteiger partial charge is 0.248 e. The average molecular weight is 306 g/mol. The van der Waals surface area contributed by atoms with E-state index in [9.17, 15) is 4.79 Å².